The minimum atomic E-state index is -0.926. The zero-order chi connectivity index (χ0) is 45.5. The number of nitrogens with one attached hydrogen (secondary N) is 2. The van der Waals surface area contributed by atoms with E-state index in [0.717, 1.165) is 78.8 Å². The lowest BCUT2D eigenvalue weighted by atomic mass is 9.88. The van der Waals surface area contributed by atoms with Crippen molar-refractivity contribution >= 4 is 23.1 Å². The van der Waals surface area contributed by atoms with Crippen molar-refractivity contribution in [2.75, 3.05) is 0 Å². The van der Waals surface area contributed by atoms with Gasteiger partial charge in [0.2, 0.25) is 0 Å². The summed E-state index contributed by atoms with van der Waals surface area (Å²) < 4.78 is 12.5. The number of hydrogen-bond donors (Lipinski definition) is 4. The molecule has 0 saturated heterocycles. The number of hydrogen-bond acceptors (Lipinski definition) is 4. The van der Waals surface area contributed by atoms with Gasteiger partial charge >= 0.3 is 11.9 Å². The minimum absolute atomic E-state index is 0.276. The number of ether oxygens (including phenoxy) is 2. The first-order chi connectivity index (χ1) is 31.2. The maximum atomic E-state index is 11.1. The third kappa shape index (κ3) is 9.06. The Morgan fingerprint density at radius 3 is 1.18 bits per heavy atom. The minimum Gasteiger partial charge on any atom is -0.483 e. The summed E-state index contributed by atoms with van der Waals surface area (Å²) in [7, 11) is 0. The van der Waals surface area contributed by atoms with Crippen LogP contribution < -0.4 is 9.47 Å². The highest BCUT2D eigenvalue weighted by molar-refractivity contribution is 5.90. The Kier molecular flexibility index (Phi) is 11.0. The molecule has 2 aliphatic heterocycles. The van der Waals surface area contributed by atoms with Crippen molar-refractivity contribution in [1.29, 1.82) is 0 Å². The fourth-order valence-corrected chi connectivity index (χ4v) is 8.35. The molecule has 0 radical (unpaired) electrons. The third-order valence-electron chi connectivity index (χ3n) is 11.6. The van der Waals surface area contributed by atoms with E-state index in [-0.39, 0.29) is 16.7 Å². The molecule has 2 aliphatic rings. The second-order valence-electron chi connectivity index (χ2n) is 17.5. The average Bonchev–Trinajstić information content (AvgIpc) is 4.01. The monoisotopic (exact) mass is 856 g/mol. The lowest BCUT2D eigenvalue weighted by Crippen LogP contribution is -2.29. The summed E-state index contributed by atoms with van der Waals surface area (Å²) >= 11 is 0. The normalized spacial score (nSPS) is 14.2. The molecule has 8 nitrogen and oxygen atoms in total. The molecule has 65 heavy (non-hydrogen) atoms. The molecule has 0 bridgehead atoms. The van der Waals surface area contributed by atoms with E-state index in [0.29, 0.717) is 0 Å². The molecule has 2 aromatic heterocycles. The zero-order valence-corrected chi connectivity index (χ0v) is 36.8. The van der Waals surface area contributed by atoms with Crippen LogP contribution in [-0.2, 0) is 0 Å². The number of carbonyl (C=O) groups is 2. The summed E-state index contributed by atoms with van der Waals surface area (Å²) in [5.74, 6) is -0.106. The van der Waals surface area contributed by atoms with E-state index in [1.54, 1.807) is 24.3 Å². The molecule has 8 heteroatoms. The molecule has 4 N–H and O–H groups in total. The van der Waals surface area contributed by atoms with Gasteiger partial charge in [-0.1, -0.05) is 84.4 Å². The van der Waals surface area contributed by atoms with Crippen LogP contribution in [-0.4, -0.2) is 43.3 Å². The Bertz CT molecular complexity index is 3130. The van der Waals surface area contributed by atoms with Crippen LogP contribution in [0.1, 0.15) is 76.2 Å². The second-order valence-corrected chi connectivity index (χ2v) is 17.5. The number of fused-ring (bicyclic) bond motifs is 2. The molecule has 0 fully saturated rings. The number of aromatic amines is 2. The molecular weight excluding hydrogens is 809 g/mol. The Morgan fingerprint density at radius 2 is 0.785 bits per heavy atom. The maximum absolute atomic E-state index is 11.1. The summed E-state index contributed by atoms with van der Waals surface area (Å²) in [5, 5.41) is 18.2. The van der Waals surface area contributed by atoms with Gasteiger partial charge < -0.3 is 29.7 Å². The number of aromatic carboxylic acids is 2. The lowest BCUT2D eigenvalue weighted by molar-refractivity contribution is 0.0686. The van der Waals surface area contributed by atoms with Gasteiger partial charge in [0.15, 0.2) is 0 Å². The lowest BCUT2D eigenvalue weighted by Gasteiger charge is -2.31. The molecule has 10 rings (SSSR count). The van der Waals surface area contributed by atoms with Gasteiger partial charge in [-0.2, -0.15) is 0 Å². The Hall–Kier alpha value is -8.10. The van der Waals surface area contributed by atoms with Crippen LogP contribution in [0.4, 0.5) is 0 Å². The van der Waals surface area contributed by atoms with Gasteiger partial charge in [-0.15, -0.1) is 0 Å². The van der Waals surface area contributed by atoms with Crippen molar-refractivity contribution in [3.05, 3.63) is 215 Å². The van der Waals surface area contributed by atoms with E-state index in [2.05, 4.69) is 130 Å². The van der Waals surface area contributed by atoms with Gasteiger partial charge in [0.05, 0.1) is 11.1 Å². The predicted molar refractivity (Wildman–Crippen MR) is 258 cm³/mol. The van der Waals surface area contributed by atoms with E-state index < -0.39 is 17.5 Å². The maximum Gasteiger partial charge on any atom is 0.335 e. The number of aromatic nitrogens is 2. The van der Waals surface area contributed by atoms with Crippen LogP contribution in [0.2, 0.25) is 0 Å². The van der Waals surface area contributed by atoms with Crippen LogP contribution in [0.5, 0.6) is 11.5 Å². The Morgan fingerprint density at radius 1 is 0.431 bits per heavy atom. The highest BCUT2D eigenvalue weighted by Crippen LogP contribution is 2.43. The van der Waals surface area contributed by atoms with E-state index in [4.69, 9.17) is 19.7 Å². The first-order valence-corrected chi connectivity index (χ1v) is 21.5. The summed E-state index contributed by atoms with van der Waals surface area (Å²) in [4.78, 5) is 29.2. The summed E-state index contributed by atoms with van der Waals surface area (Å²) in [5.41, 5.74) is 15.6. The average molecular weight is 857 g/mol. The molecule has 322 valence electrons. The quantitative estimate of drug-likeness (QED) is 0.121. The van der Waals surface area contributed by atoms with Gasteiger partial charge in [0.25, 0.3) is 0 Å². The van der Waals surface area contributed by atoms with Crippen molar-refractivity contribution in [3.63, 3.8) is 0 Å². The highest BCUT2D eigenvalue weighted by atomic mass is 16.5. The van der Waals surface area contributed by atoms with Gasteiger partial charge in [0, 0.05) is 33.9 Å². The molecule has 0 amide bonds. The van der Waals surface area contributed by atoms with Crippen molar-refractivity contribution in [1.82, 2.24) is 9.97 Å². The summed E-state index contributed by atoms with van der Waals surface area (Å²) in [6.45, 7) is 10.4. The Labute approximate surface area is 378 Å². The molecule has 0 spiro atoms. The van der Waals surface area contributed by atoms with Gasteiger partial charge in [-0.25, -0.2) is 9.59 Å². The zero-order valence-electron chi connectivity index (χ0n) is 36.8. The standard InChI is InChI=1S/C29H25NO3.C28H23NO3/c1-18-4-6-19(7-5-18)24-17-29(2,3)33-27-15-12-22(16-23(24)27)26-14-13-25(30-26)20-8-10-21(11-9-20)28(31)32;1-28(2)17-23(18-6-4-3-5-7-18)22-16-21(12-15-26(22)32-28)25-14-13-24(29-25)19-8-10-20(11-9-19)27(30)31/h4-17,30H,1-3H3,(H,31,32);3-17,29H,1-2H3,(H,30,31). The number of benzene rings is 6. The van der Waals surface area contributed by atoms with Crippen LogP contribution in [0, 0.1) is 6.92 Å². The molecule has 8 aromatic rings. The van der Waals surface area contributed by atoms with Crippen molar-refractivity contribution in [3.8, 4) is 56.5 Å². The molecule has 0 saturated carbocycles. The van der Waals surface area contributed by atoms with Gasteiger partial charge in [0.1, 0.15) is 22.7 Å². The van der Waals surface area contributed by atoms with Crippen LogP contribution in [0.25, 0.3) is 56.2 Å². The molecular formula is C57H48N2O6. The Balaban J connectivity index is 0.000000164. The number of carboxylic acids is 2. The topological polar surface area (TPSA) is 125 Å². The first-order valence-electron chi connectivity index (χ1n) is 21.5. The van der Waals surface area contributed by atoms with E-state index >= 15 is 0 Å². The van der Waals surface area contributed by atoms with Crippen molar-refractivity contribution in [2.45, 2.75) is 45.8 Å². The smallest absolute Gasteiger partial charge is 0.335 e. The van der Waals surface area contributed by atoms with Crippen LogP contribution in [0.3, 0.4) is 0 Å². The SMILES string of the molecule is CC1(C)C=C(c2ccccc2)c2cc(-c3ccc(-c4ccc(C(=O)O)cc4)[nH]3)ccc2O1.Cc1ccc(C2=CC(C)(C)Oc3ccc(-c4ccc(-c5ccc(C(=O)O)cc5)[nH]4)cc32)cc1. The molecule has 6 aromatic carbocycles. The van der Waals surface area contributed by atoms with Gasteiger partial charge in [-0.3, -0.25) is 0 Å². The number of rotatable bonds is 8. The predicted octanol–water partition coefficient (Wildman–Crippen LogP) is 13.6. The van der Waals surface area contributed by atoms with Crippen LogP contribution in [0.15, 0.2) is 176 Å². The van der Waals surface area contributed by atoms with Crippen molar-refractivity contribution < 1.29 is 29.3 Å². The molecule has 4 heterocycles. The highest BCUT2D eigenvalue weighted by Gasteiger charge is 2.29. The van der Waals surface area contributed by atoms with Crippen molar-refractivity contribution in [2.24, 2.45) is 0 Å². The first kappa shape index (κ1) is 42.2. The summed E-state index contributed by atoms with van der Waals surface area (Å²) in [6.07, 6.45) is 4.37. The van der Waals surface area contributed by atoms with Crippen LogP contribution >= 0.6 is 0 Å². The fraction of sp³-hybridized carbons (Fsp3) is 0.123. The van der Waals surface area contributed by atoms with E-state index in [1.165, 1.54) is 16.7 Å². The van der Waals surface area contributed by atoms with E-state index in [9.17, 15) is 9.59 Å². The molecule has 0 aliphatic carbocycles. The third-order valence-corrected chi connectivity index (χ3v) is 11.6. The number of H-pyrrole nitrogens is 2. The van der Waals surface area contributed by atoms with Gasteiger partial charge in [-0.05, 0) is 176 Å². The molecule has 0 atom stereocenters. The fourth-order valence-electron chi connectivity index (χ4n) is 8.35. The largest absolute Gasteiger partial charge is 0.483 e. The second kappa shape index (κ2) is 16.9. The van der Waals surface area contributed by atoms with E-state index in [1.807, 2.05) is 66.7 Å². The number of carboxylic acid groups (broad SMARTS) is 2. The molecule has 0 unspecified atom stereocenters. The number of aryl methyl sites for hydroxylation is 1. The summed E-state index contributed by atoms with van der Waals surface area (Å²) in [6, 6.07) is 53.3.